The first kappa shape index (κ1) is 22.5. The smallest absolute Gasteiger partial charge is 0.314 e. The van der Waals surface area contributed by atoms with E-state index in [4.69, 9.17) is 19.3 Å². The molecule has 4 rings (SSSR count). The first-order chi connectivity index (χ1) is 16.1. The molecule has 1 fully saturated rings. The van der Waals surface area contributed by atoms with Gasteiger partial charge in [-0.15, -0.1) is 17.9 Å². The fourth-order valence-corrected chi connectivity index (χ4v) is 3.95. The highest BCUT2D eigenvalue weighted by atomic mass is 32.1. The molecule has 7 nitrogen and oxygen atoms in total. The highest BCUT2D eigenvalue weighted by Crippen LogP contribution is 2.34. The number of hydrogen-bond acceptors (Lipinski definition) is 7. The van der Waals surface area contributed by atoms with Gasteiger partial charge in [0.1, 0.15) is 5.75 Å². The molecule has 170 valence electrons. The summed E-state index contributed by atoms with van der Waals surface area (Å²) in [4.78, 5) is 17.3. The Morgan fingerprint density at radius 2 is 1.94 bits per heavy atom. The number of carbonyl (C=O) groups is 1. The van der Waals surface area contributed by atoms with Crippen LogP contribution in [-0.4, -0.2) is 37.6 Å². The molecule has 2 aromatic carbocycles. The maximum Gasteiger partial charge on any atom is 0.314 e. The van der Waals surface area contributed by atoms with E-state index in [0.29, 0.717) is 18.0 Å². The maximum atomic E-state index is 12.0. The van der Waals surface area contributed by atoms with Gasteiger partial charge in [0.15, 0.2) is 11.5 Å². The van der Waals surface area contributed by atoms with Gasteiger partial charge in [0, 0.05) is 10.9 Å². The fraction of sp³-hybridized carbons (Fsp3) is 0.240. The van der Waals surface area contributed by atoms with Crippen molar-refractivity contribution >= 4 is 23.5 Å². The molecule has 0 saturated heterocycles. The van der Waals surface area contributed by atoms with Gasteiger partial charge in [0.05, 0.1) is 38.6 Å². The van der Waals surface area contributed by atoms with E-state index in [1.807, 2.05) is 35.7 Å². The summed E-state index contributed by atoms with van der Waals surface area (Å²) in [5, 5.41) is 6.71. The molecule has 0 N–H and O–H groups in total. The van der Waals surface area contributed by atoms with Gasteiger partial charge in [-0.3, -0.25) is 9.79 Å². The van der Waals surface area contributed by atoms with Gasteiger partial charge in [-0.05, 0) is 60.9 Å². The lowest BCUT2D eigenvalue weighted by atomic mass is 10.2. The Morgan fingerprint density at radius 1 is 1.15 bits per heavy atom. The summed E-state index contributed by atoms with van der Waals surface area (Å²) in [7, 11) is 3.19. The number of nitrogens with zero attached hydrogens (tertiary/aromatic N) is 3. The Morgan fingerprint density at radius 3 is 2.61 bits per heavy atom. The van der Waals surface area contributed by atoms with E-state index in [2.05, 4.69) is 11.6 Å². The molecule has 1 aliphatic carbocycles. The van der Waals surface area contributed by atoms with Gasteiger partial charge in [-0.2, -0.15) is 5.10 Å². The van der Waals surface area contributed by atoms with E-state index in [1.165, 1.54) is 11.3 Å². The Labute approximate surface area is 196 Å². The molecule has 33 heavy (non-hydrogen) atoms. The Bertz CT molecular complexity index is 1240. The zero-order valence-electron chi connectivity index (χ0n) is 18.6. The molecule has 8 heteroatoms. The third-order valence-electron chi connectivity index (χ3n) is 5.06. The van der Waals surface area contributed by atoms with Crippen molar-refractivity contribution in [3.05, 3.63) is 70.9 Å². The molecule has 0 bridgehead atoms. The van der Waals surface area contributed by atoms with E-state index in [-0.39, 0.29) is 11.9 Å². The number of carbonyl (C=O) groups excluding carboxylic acids is 1. The third kappa shape index (κ3) is 5.40. The number of benzene rings is 2. The van der Waals surface area contributed by atoms with Crippen LogP contribution in [0.2, 0.25) is 0 Å². The highest BCUT2D eigenvalue weighted by molar-refractivity contribution is 7.07. The second kappa shape index (κ2) is 10.3. The van der Waals surface area contributed by atoms with Crippen LogP contribution in [0.1, 0.15) is 18.4 Å². The molecule has 1 aliphatic rings. The fourth-order valence-electron chi connectivity index (χ4n) is 3.11. The molecule has 0 radical (unpaired) electrons. The summed E-state index contributed by atoms with van der Waals surface area (Å²) < 4.78 is 18.0. The monoisotopic (exact) mass is 463 g/mol. The lowest BCUT2D eigenvalue weighted by Gasteiger charge is -2.09. The van der Waals surface area contributed by atoms with Crippen molar-refractivity contribution in [3.8, 4) is 28.5 Å². The number of hydrogen-bond donors (Lipinski definition) is 0. The van der Waals surface area contributed by atoms with E-state index < -0.39 is 0 Å². The lowest BCUT2D eigenvalue weighted by molar-refractivity contribution is -0.135. The van der Waals surface area contributed by atoms with Gasteiger partial charge in [-0.1, -0.05) is 6.08 Å². The molecular formula is C25H25N3O4S. The zero-order chi connectivity index (χ0) is 23.2. The number of aromatic nitrogens is 1. The number of ether oxygens (including phenoxy) is 3. The lowest BCUT2D eigenvalue weighted by Crippen LogP contribution is -2.12. The minimum Gasteiger partial charge on any atom is -0.497 e. The van der Waals surface area contributed by atoms with Crippen molar-refractivity contribution in [2.75, 3.05) is 20.8 Å². The summed E-state index contributed by atoms with van der Waals surface area (Å²) in [5.41, 5.74) is 2.69. The van der Waals surface area contributed by atoms with E-state index in [0.717, 1.165) is 40.2 Å². The van der Waals surface area contributed by atoms with Crippen molar-refractivity contribution in [3.63, 3.8) is 0 Å². The van der Waals surface area contributed by atoms with E-state index in [1.54, 1.807) is 43.3 Å². The van der Waals surface area contributed by atoms with Crippen molar-refractivity contribution in [2.24, 2.45) is 16.0 Å². The SMILES string of the molecule is C=CCN=c1scc(-c2ccc(OC)cc2)n1N=Cc1ccc(OC(=O)C2CC2)c(OC)c1. The predicted octanol–water partition coefficient (Wildman–Crippen LogP) is 4.52. The quantitative estimate of drug-likeness (QED) is 0.202. The first-order valence-electron chi connectivity index (χ1n) is 10.5. The molecule has 1 aromatic heterocycles. The van der Waals surface area contributed by atoms with Gasteiger partial charge >= 0.3 is 5.97 Å². The summed E-state index contributed by atoms with van der Waals surface area (Å²) in [6.45, 7) is 4.24. The number of methoxy groups -OCH3 is 2. The topological polar surface area (TPSA) is 74.4 Å². The molecule has 0 aliphatic heterocycles. The molecule has 0 atom stereocenters. The molecule has 3 aromatic rings. The third-order valence-corrected chi connectivity index (χ3v) is 5.91. The van der Waals surface area contributed by atoms with Crippen LogP contribution >= 0.6 is 11.3 Å². The summed E-state index contributed by atoms with van der Waals surface area (Å²) in [6, 6.07) is 13.1. The van der Waals surface area contributed by atoms with Crippen LogP contribution < -0.4 is 19.0 Å². The normalized spacial score (nSPS) is 13.8. The second-order valence-electron chi connectivity index (χ2n) is 7.42. The predicted molar refractivity (Wildman–Crippen MR) is 129 cm³/mol. The standard InChI is InChI=1S/C25H25N3O4S/c1-4-13-26-25-28(21(16-33-25)18-8-10-20(30-2)11-9-18)27-15-17-5-12-22(23(14-17)31-3)32-24(29)19-6-7-19/h4-5,8-12,14-16,19H,1,6-7,13H2,2-3H3. The number of thiazole rings is 1. The highest BCUT2D eigenvalue weighted by Gasteiger charge is 2.32. The van der Waals surface area contributed by atoms with Gasteiger partial charge in [-0.25, -0.2) is 4.68 Å². The largest absolute Gasteiger partial charge is 0.497 e. The number of rotatable bonds is 9. The van der Waals surface area contributed by atoms with Crippen molar-refractivity contribution in [2.45, 2.75) is 12.8 Å². The van der Waals surface area contributed by atoms with Crippen molar-refractivity contribution in [1.82, 2.24) is 4.68 Å². The molecule has 1 heterocycles. The van der Waals surface area contributed by atoms with Gasteiger partial charge < -0.3 is 14.2 Å². The molecular weight excluding hydrogens is 438 g/mol. The molecule has 0 amide bonds. The maximum absolute atomic E-state index is 12.0. The summed E-state index contributed by atoms with van der Waals surface area (Å²) in [5.74, 6) is 1.49. The minimum atomic E-state index is -0.207. The van der Waals surface area contributed by atoms with Crippen LogP contribution in [0.5, 0.6) is 17.2 Å². The van der Waals surface area contributed by atoms with Gasteiger partial charge in [0.25, 0.3) is 0 Å². The van der Waals surface area contributed by atoms with Crippen molar-refractivity contribution < 1.29 is 19.0 Å². The van der Waals surface area contributed by atoms with Crippen LogP contribution in [0.15, 0.2) is 70.6 Å². The van der Waals surface area contributed by atoms with Crippen LogP contribution in [0.3, 0.4) is 0 Å². The first-order valence-corrected chi connectivity index (χ1v) is 11.4. The molecule has 0 spiro atoms. The van der Waals surface area contributed by atoms with Crippen molar-refractivity contribution in [1.29, 1.82) is 0 Å². The second-order valence-corrected chi connectivity index (χ2v) is 8.26. The van der Waals surface area contributed by atoms with Gasteiger partial charge in [0.2, 0.25) is 4.80 Å². The average Bonchev–Trinajstić information content (AvgIpc) is 3.63. The molecule has 0 unspecified atom stereocenters. The summed E-state index contributed by atoms with van der Waals surface area (Å²) >= 11 is 1.50. The Hall–Kier alpha value is -3.65. The van der Waals surface area contributed by atoms with Crippen LogP contribution in [0.25, 0.3) is 11.3 Å². The van der Waals surface area contributed by atoms with E-state index >= 15 is 0 Å². The minimum absolute atomic E-state index is 0.0139. The van der Waals surface area contributed by atoms with Crippen LogP contribution in [0, 0.1) is 5.92 Å². The van der Waals surface area contributed by atoms with Crippen LogP contribution in [-0.2, 0) is 4.79 Å². The Balaban J connectivity index is 1.65. The molecule has 1 saturated carbocycles. The zero-order valence-corrected chi connectivity index (χ0v) is 19.4. The average molecular weight is 464 g/mol. The number of esters is 1. The summed E-state index contributed by atoms with van der Waals surface area (Å²) in [6.07, 6.45) is 5.24. The van der Waals surface area contributed by atoms with E-state index in [9.17, 15) is 4.79 Å². The van der Waals surface area contributed by atoms with Crippen LogP contribution in [0.4, 0.5) is 0 Å². The Kier molecular flexibility index (Phi) is 7.04.